The lowest BCUT2D eigenvalue weighted by Crippen LogP contribution is -2.35. The molecule has 0 amide bonds. The van der Waals surface area contributed by atoms with E-state index in [1.54, 1.807) is 0 Å². The van der Waals surface area contributed by atoms with E-state index in [0.29, 0.717) is 12.5 Å². The smallest absolute Gasteiger partial charge is 0.188 e. The van der Waals surface area contributed by atoms with Gasteiger partial charge in [0.1, 0.15) is 0 Å². The Morgan fingerprint density at radius 1 is 1.30 bits per heavy atom. The minimum absolute atomic E-state index is 0.125. The molecule has 23 heavy (non-hydrogen) atoms. The number of nitrogens with two attached hydrogens (primary N) is 1. The van der Waals surface area contributed by atoms with Gasteiger partial charge in [-0.15, -0.1) is 0 Å². The topological polar surface area (TPSA) is 73.9 Å². The van der Waals surface area contributed by atoms with E-state index in [4.69, 9.17) is 5.73 Å². The van der Waals surface area contributed by atoms with Gasteiger partial charge in [0.2, 0.25) is 0 Å². The first kappa shape index (κ1) is 17.8. The summed E-state index contributed by atoms with van der Waals surface area (Å²) in [5.74, 6) is 0.523. The van der Waals surface area contributed by atoms with Crippen molar-refractivity contribution in [2.75, 3.05) is 19.6 Å². The van der Waals surface area contributed by atoms with Gasteiger partial charge in [-0.2, -0.15) is 0 Å². The molecular weight excluding hydrogens is 288 g/mol. The van der Waals surface area contributed by atoms with Crippen molar-refractivity contribution in [3.63, 3.8) is 0 Å². The fraction of sp³-hybridized carbons (Fsp3) is 0.611. The number of aliphatic hydroxyl groups is 1. The second kappa shape index (κ2) is 9.53. The van der Waals surface area contributed by atoms with Gasteiger partial charge in [0.05, 0.1) is 12.6 Å². The zero-order valence-corrected chi connectivity index (χ0v) is 14.2. The van der Waals surface area contributed by atoms with E-state index in [1.165, 1.54) is 11.1 Å². The van der Waals surface area contributed by atoms with Crippen LogP contribution in [0.5, 0.6) is 0 Å². The van der Waals surface area contributed by atoms with E-state index in [0.717, 1.165) is 51.9 Å². The molecule has 1 aliphatic rings. The first-order valence-corrected chi connectivity index (χ1v) is 8.70. The van der Waals surface area contributed by atoms with Crippen molar-refractivity contribution in [1.29, 1.82) is 0 Å². The number of rotatable bonds is 7. The molecule has 0 unspecified atom stereocenters. The summed E-state index contributed by atoms with van der Waals surface area (Å²) < 4.78 is 0. The Morgan fingerprint density at radius 3 is 2.70 bits per heavy atom. The number of piperidine rings is 1. The number of benzene rings is 1. The molecule has 1 aromatic rings. The van der Waals surface area contributed by atoms with Crippen molar-refractivity contribution in [3.05, 3.63) is 35.4 Å². The Morgan fingerprint density at radius 2 is 2.00 bits per heavy atom. The van der Waals surface area contributed by atoms with Crippen LogP contribution in [-0.4, -0.2) is 41.7 Å². The van der Waals surface area contributed by atoms with Crippen LogP contribution in [0.3, 0.4) is 0 Å². The van der Waals surface area contributed by atoms with Crippen molar-refractivity contribution >= 4 is 5.96 Å². The second-order valence-corrected chi connectivity index (χ2v) is 6.26. The van der Waals surface area contributed by atoms with Crippen LogP contribution >= 0.6 is 0 Å². The van der Waals surface area contributed by atoms with Crippen molar-refractivity contribution in [3.8, 4) is 0 Å². The van der Waals surface area contributed by atoms with E-state index in [2.05, 4.69) is 46.4 Å². The van der Waals surface area contributed by atoms with Gasteiger partial charge < -0.3 is 16.2 Å². The van der Waals surface area contributed by atoms with Crippen molar-refractivity contribution in [2.45, 2.75) is 51.8 Å². The molecule has 5 nitrogen and oxygen atoms in total. The molecule has 1 aliphatic heterocycles. The summed E-state index contributed by atoms with van der Waals surface area (Å²) in [5.41, 5.74) is 8.43. The lowest BCUT2D eigenvalue weighted by molar-refractivity contribution is 0.0791. The van der Waals surface area contributed by atoms with Crippen LogP contribution < -0.4 is 11.1 Å². The molecule has 0 atom stereocenters. The lowest BCUT2D eigenvalue weighted by atomic mass is 10.0. The van der Waals surface area contributed by atoms with Crippen LogP contribution in [0.25, 0.3) is 0 Å². The average Bonchev–Trinajstić information content (AvgIpc) is 2.56. The molecule has 1 heterocycles. The van der Waals surface area contributed by atoms with Crippen LogP contribution in [0, 0.1) is 0 Å². The van der Waals surface area contributed by atoms with E-state index in [1.807, 2.05) is 0 Å². The Bertz CT molecular complexity index is 496. The first-order chi connectivity index (χ1) is 11.2. The zero-order chi connectivity index (χ0) is 16.5. The summed E-state index contributed by atoms with van der Waals surface area (Å²) in [6.45, 7) is 6.48. The fourth-order valence-electron chi connectivity index (χ4n) is 2.80. The summed E-state index contributed by atoms with van der Waals surface area (Å²) in [4.78, 5) is 6.86. The van der Waals surface area contributed by atoms with Gasteiger partial charge in [0.15, 0.2) is 5.96 Å². The van der Waals surface area contributed by atoms with Crippen LogP contribution in [-0.2, 0) is 13.1 Å². The third kappa shape index (κ3) is 6.20. The SMILES string of the molecule is CCCCNC(N)=NCc1ccccc1CN1CCC(O)CC1. The Kier molecular flexibility index (Phi) is 7.36. The molecule has 2 rings (SSSR count). The zero-order valence-electron chi connectivity index (χ0n) is 14.2. The molecule has 0 bridgehead atoms. The maximum atomic E-state index is 9.62. The molecule has 0 radical (unpaired) electrons. The monoisotopic (exact) mass is 318 g/mol. The molecule has 4 N–H and O–H groups in total. The van der Waals surface area contributed by atoms with E-state index < -0.39 is 0 Å². The minimum Gasteiger partial charge on any atom is -0.393 e. The summed E-state index contributed by atoms with van der Waals surface area (Å²) in [7, 11) is 0. The molecule has 0 aliphatic carbocycles. The van der Waals surface area contributed by atoms with Crippen LogP contribution in [0.15, 0.2) is 29.3 Å². The van der Waals surface area contributed by atoms with Gasteiger partial charge in [0, 0.05) is 26.2 Å². The molecule has 0 aromatic heterocycles. The average molecular weight is 318 g/mol. The van der Waals surface area contributed by atoms with Crippen molar-refractivity contribution < 1.29 is 5.11 Å². The molecule has 0 saturated carbocycles. The highest BCUT2D eigenvalue weighted by atomic mass is 16.3. The van der Waals surface area contributed by atoms with Gasteiger partial charge in [-0.1, -0.05) is 37.6 Å². The van der Waals surface area contributed by atoms with Crippen LogP contribution in [0.4, 0.5) is 0 Å². The van der Waals surface area contributed by atoms with Crippen LogP contribution in [0.2, 0.25) is 0 Å². The molecule has 1 aromatic carbocycles. The van der Waals surface area contributed by atoms with Gasteiger partial charge in [-0.25, -0.2) is 4.99 Å². The number of hydrogen-bond acceptors (Lipinski definition) is 3. The molecular formula is C18H30N4O. The highest BCUT2D eigenvalue weighted by Crippen LogP contribution is 2.17. The lowest BCUT2D eigenvalue weighted by Gasteiger charge is -2.30. The highest BCUT2D eigenvalue weighted by molar-refractivity contribution is 5.77. The number of guanidine groups is 1. The molecule has 5 heteroatoms. The fourth-order valence-corrected chi connectivity index (χ4v) is 2.80. The maximum Gasteiger partial charge on any atom is 0.188 e. The van der Waals surface area contributed by atoms with E-state index in [-0.39, 0.29) is 6.10 Å². The van der Waals surface area contributed by atoms with Gasteiger partial charge in [0.25, 0.3) is 0 Å². The van der Waals surface area contributed by atoms with Gasteiger partial charge >= 0.3 is 0 Å². The second-order valence-electron chi connectivity index (χ2n) is 6.26. The van der Waals surface area contributed by atoms with E-state index in [9.17, 15) is 5.11 Å². The number of nitrogens with one attached hydrogen (secondary N) is 1. The summed E-state index contributed by atoms with van der Waals surface area (Å²) in [6, 6.07) is 8.41. The molecule has 0 spiro atoms. The maximum absolute atomic E-state index is 9.62. The summed E-state index contributed by atoms with van der Waals surface area (Å²) in [5, 5.41) is 12.8. The number of unbranched alkanes of at least 4 members (excludes halogenated alkanes) is 1. The third-order valence-corrected chi connectivity index (χ3v) is 4.33. The molecule has 128 valence electrons. The number of likely N-dealkylation sites (tertiary alicyclic amines) is 1. The van der Waals surface area contributed by atoms with Crippen molar-refractivity contribution in [1.82, 2.24) is 10.2 Å². The van der Waals surface area contributed by atoms with E-state index >= 15 is 0 Å². The molecule has 1 fully saturated rings. The van der Waals surface area contributed by atoms with Gasteiger partial charge in [-0.05, 0) is 30.4 Å². The number of aliphatic imine (C=N–C) groups is 1. The largest absolute Gasteiger partial charge is 0.393 e. The Balaban J connectivity index is 1.90. The Hall–Kier alpha value is -1.59. The number of nitrogens with zero attached hydrogens (tertiary/aromatic N) is 2. The normalized spacial score (nSPS) is 17.4. The highest BCUT2D eigenvalue weighted by Gasteiger charge is 2.17. The van der Waals surface area contributed by atoms with Gasteiger partial charge in [-0.3, -0.25) is 4.90 Å². The third-order valence-electron chi connectivity index (χ3n) is 4.33. The Labute approximate surface area is 139 Å². The quantitative estimate of drug-likeness (QED) is 0.407. The van der Waals surface area contributed by atoms with Crippen LogP contribution in [0.1, 0.15) is 43.7 Å². The minimum atomic E-state index is -0.125. The predicted molar refractivity (Wildman–Crippen MR) is 95.2 cm³/mol. The molecule has 1 saturated heterocycles. The number of aliphatic hydroxyl groups excluding tert-OH is 1. The first-order valence-electron chi connectivity index (χ1n) is 8.70. The predicted octanol–water partition coefficient (Wildman–Crippen LogP) is 1.85. The summed E-state index contributed by atoms with van der Waals surface area (Å²) >= 11 is 0. The van der Waals surface area contributed by atoms with Crippen molar-refractivity contribution in [2.24, 2.45) is 10.7 Å². The standard InChI is InChI=1S/C18H30N4O/c1-2-3-10-20-18(19)21-13-15-6-4-5-7-16(15)14-22-11-8-17(23)9-12-22/h4-7,17,23H,2-3,8-14H2,1H3,(H3,19,20,21). The number of hydrogen-bond donors (Lipinski definition) is 3. The summed E-state index contributed by atoms with van der Waals surface area (Å²) in [6.07, 6.45) is 3.87.